The average molecular weight is 294 g/mol. The van der Waals surface area contributed by atoms with Crippen molar-refractivity contribution in [3.63, 3.8) is 0 Å². The van der Waals surface area contributed by atoms with Crippen molar-refractivity contribution in [1.82, 2.24) is 5.32 Å². The summed E-state index contributed by atoms with van der Waals surface area (Å²) < 4.78 is 6.33. The smallest absolute Gasteiger partial charge is 0.0708 e. The zero-order valence-electron chi connectivity index (χ0n) is 12.2. The minimum absolute atomic E-state index is 0.246. The van der Waals surface area contributed by atoms with Crippen molar-refractivity contribution in [2.24, 2.45) is 0 Å². The van der Waals surface area contributed by atoms with Crippen LogP contribution in [0.4, 0.5) is 0 Å². The van der Waals surface area contributed by atoms with Crippen LogP contribution in [0.2, 0.25) is 5.02 Å². The molecule has 1 N–H and O–H groups in total. The third-order valence-corrected chi connectivity index (χ3v) is 5.13. The molecule has 1 saturated heterocycles. The van der Waals surface area contributed by atoms with E-state index in [4.69, 9.17) is 16.3 Å². The highest BCUT2D eigenvalue weighted by molar-refractivity contribution is 6.30. The summed E-state index contributed by atoms with van der Waals surface area (Å²) in [5, 5.41) is 4.39. The number of hydrogen-bond donors (Lipinski definition) is 1. The molecule has 1 heterocycles. The Balaban J connectivity index is 1.49. The van der Waals surface area contributed by atoms with Crippen molar-refractivity contribution in [2.45, 2.75) is 63.2 Å². The third-order valence-electron chi connectivity index (χ3n) is 4.88. The van der Waals surface area contributed by atoms with Crippen LogP contribution in [0.1, 0.15) is 57.1 Å². The molecule has 3 rings (SSSR count). The predicted molar refractivity (Wildman–Crippen MR) is 83.2 cm³/mol. The largest absolute Gasteiger partial charge is 0.370 e. The summed E-state index contributed by atoms with van der Waals surface area (Å²) in [4.78, 5) is 0. The van der Waals surface area contributed by atoms with Crippen LogP contribution in [0.3, 0.4) is 0 Å². The Morgan fingerprint density at radius 2 is 1.95 bits per heavy atom. The number of rotatable bonds is 4. The van der Waals surface area contributed by atoms with Gasteiger partial charge in [0.2, 0.25) is 0 Å². The zero-order chi connectivity index (χ0) is 14.0. The normalized spacial score (nSPS) is 26.2. The van der Waals surface area contributed by atoms with Crippen molar-refractivity contribution in [3.05, 3.63) is 34.9 Å². The van der Waals surface area contributed by atoms with E-state index in [-0.39, 0.29) is 5.60 Å². The Labute approximate surface area is 126 Å². The summed E-state index contributed by atoms with van der Waals surface area (Å²) in [5.74, 6) is 0. The van der Waals surface area contributed by atoms with Gasteiger partial charge in [0.15, 0.2) is 0 Å². The maximum Gasteiger partial charge on any atom is 0.0708 e. The summed E-state index contributed by atoms with van der Waals surface area (Å²) >= 11 is 5.93. The topological polar surface area (TPSA) is 21.3 Å². The van der Waals surface area contributed by atoms with E-state index in [2.05, 4.69) is 24.4 Å². The quantitative estimate of drug-likeness (QED) is 0.883. The lowest BCUT2D eigenvalue weighted by Crippen LogP contribution is -2.32. The van der Waals surface area contributed by atoms with Gasteiger partial charge in [-0.1, -0.05) is 36.6 Å². The molecule has 20 heavy (non-hydrogen) atoms. The third kappa shape index (κ3) is 3.19. The van der Waals surface area contributed by atoms with Gasteiger partial charge in [0.25, 0.3) is 0 Å². The van der Waals surface area contributed by atoms with Crippen LogP contribution in [0, 0.1) is 0 Å². The Hall–Kier alpha value is -0.570. The first kappa shape index (κ1) is 14.4. The van der Waals surface area contributed by atoms with Gasteiger partial charge in [0, 0.05) is 17.6 Å². The van der Waals surface area contributed by atoms with Crippen molar-refractivity contribution < 1.29 is 4.74 Å². The molecule has 2 fully saturated rings. The van der Waals surface area contributed by atoms with E-state index in [0.717, 1.165) is 11.6 Å². The van der Waals surface area contributed by atoms with Gasteiger partial charge in [0.05, 0.1) is 11.7 Å². The van der Waals surface area contributed by atoms with Crippen LogP contribution in [-0.4, -0.2) is 18.2 Å². The summed E-state index contributed by atoms with van der Waals surface area (Å²) in [6, 6.07) is 8.43. The molecular weight excluding hydrogens is 270 g/mol. The maximum absolute atomic E-state index is 6.33. The lowest BCUT2D eigenvalue weighted by molar-refractivity contribution is -0.0357. The fraction of sp³-hybridized carbons (Fsp3) is 0.647. The van der Waals surface area contributed by atoms with E-state index in [1.807, 2.05) is 12.1 Å². The van der Waals surface area contributed by atoms with Gasteiger partial charge < -0.3 is 10.1 Å². The fourth-order valence-electron chi connectivity index (χ4n) is 3.60. The summed E-state index contributed by atoms with van der Waals surface area (Å²) in [7, 11) is 0. The fourth-order valence-corrected chi connectivity index (χ4v) is 3.73. The van der Waals surface area contributed by atoms with Gasteiger partial charge in [-0.15, -0.1) is 0 Å². The van der Waals surface area contributed by atoms with Crippen LogP contribution in [0.25, 0.3) is 0 Å². The van der Waals surface area contributed by atoms with Crippen LogP contribution in [0.5, 0.6) is 0 Å². The van der Waals surface area contributed by atoms with Crippen molar-refractivity contribution in [2.75, 3.05) is 6.54 Å². The first-order chi connectivity index (χ1) is 9.67. The molecule has 0 aromatic heterocycles. The molecule has 2 nitrogen and oxygen atoms in total. The molecule has 2 atom stereocenters. The summed E-state index contributed by atoms with van der Waals surface area (Å²) in [6.07, 6.45) is 8.10. The van der Waals surface area contributed by atoms with E-state index >= 15 is 0 Å². The van der Waals surface area contributed by atoms with E-state index in [1.165, 1.54) is 44.1 Å². The average Bonchev–Trinajstić information content (AvgIpc) is 3.08. The summed E-state index contributed by atoms with van der Waals surface area (Å²) in [5.41, 5.74) is 1.53. The van der Waals surface area contributed by atoms with Crippen LogP contribution in [0.15, 0.2) is 24.3 Å². The first-order valence-corrected chi connectivity index (χ1v) is 8.21. The van der Waals surface area contributed by atoms with E-state index < -0.39 is 0 Å². The lowest BCUT2D eigenvalue weighted by atomic mass is 9.98. The lowest BCUT2D eigenvalue weighted by Gasteiger charge is -2.24. The Kier molecular flexibility index (Phi) is 4.34. The molecule has 1 aromatic rings. The van der Waals surface area contributed by atoms with Gasteiger partial charge in [-0.05, 0) is 50.3 Å². The molecule has 1 saturated carbocycles. The molecule has 0 amide bonds. The molecule has 2 aliphatic rings. The molecule has 1 unspecified atom stereocenters. The van der Waals surface area contributed by atoms with Gasteiger partial charge >= 0.3 is 0 Å². The minimum atomic E-state index is 0.246. The molecule has 1 aliphatic heterocycles. The van der Waals surface area contributed by atoms with E-state index in [9.17, 15) is 0 Å². The Bertz CT molecular complexity index is 439. The number of halogens is 1. The number of nitrogens with one attached hydrogen (secondary N) is 1. The highest BCUT2D eigenvalue weighted by Crippen LogP contribution is 2.43. The summed E-state index contributed by atoms with van der Waals surface area (Å²) in [6.45, 7) is 3.15. The standard InChI is InChI=1S/C17H24ClNO/c1-13(14-4-6-15(18)7-5-14)19-12-16-8-11-17(20-16)9-2-3-10-17/h4-7,13,16,19H,2-3,8-12H2,1H3/t13-,16?/m0/s1. The zero-order valence-corrected chi connectivity index (χ0v) is 13.0. The van der Waals surface area contributed by atoms with Gasteiger partial charge in [-0.2, -0.15) is 0 Å². The molecular formula is C17H24ClNO. The number of hydrogen-bond acceptors (Lipinski definition) is 2. The first-order valence-electron chi connectivity index (χ1n) is 7.84. The monoisotopic (exact) mass is 293 g/mol. The van der Waals surface area contributed by atoms with Crippen LogP contribution in [-0.2, 0) is 4.74 Å². The second-order valence-corrected chi connectivity index (χ2v) is 6.79. The van der Waals surface area contributed by atoms with E-state index in [1.54, 1.807) is 0 Å². The molecule has 3 heteroatoms. The molecule has 1 spiro atoms. The minimum Gasteiger partial charge on any atom is -0.370 e. The number of ether oxygens (including phenoxy) is 1. The Morgan fingerprint density at radius 3 is 2.65 bits per heavy atom. The molecule has 110 valence electrons. The second-order valence-electron chi connectivity index (χ2n) is 6.35. The molecule has 1 aliphatic carbocycles. The second kappa shape index (κ2) is 6.05. The van der Waals surface area contributed by atoms with Gasteiger partial charge in [-0.3, -0.25) is 0 Å². The predicted octanol–water partition coefficient (Wildman–Crippen LogP) is 4.48. The van der Waals surface area contributed by atoms with Gasteiger partial charge in [-0.25, -0.2) is 0 Å². The van der Waals surface area contributed by atoms with Crippen molar-refractivity contribution in [3.8, 4) is 0 Å². The van der Waals surface area contributed by atoms with Gasteiger partial charge in [0.1, 0.15) is 0 Å². The highest BCUT2D eigenvalue weighted by Gasteiger charge is 2.41. The van der Waals surface area contributed by atoms with Crippen LogP contribution >= 0.6 is 11.6 Å². The van der Waals surface area contributed by atoms with Crippen molar-refractivity contribution >= 4 is 11.6 Å². The highest BCUT2D eigenvalue weighted by atomic mass is 35.5. The van der Waals surface area contributed by atoms with Crippen LogP contribution < -0.4 is 5.32 Å². The number of benzene rings is 1. The Morgan fingerprint density at radius 1 is 1.25 bits per heavy atom. The SMILES string of the molecule is C[C@H](NCC1CCC2(CCCC2)O1)c1ccc(Cl)cc1. The molecule has 1 aromatic carbocycles. The molecule has 0 radical (unpaired) electrons. The molecule has 0 bridgehead atoms. The maximum atomic E-state index is 6.33. The van der Waals surface area contributed by atoms with E-state index in [0.29, 0.717) is 12.1 Å². The van der Waals surface area contributed by atoms with Crippen molar-refractivity contribution in [1.29, 1.82) is 0 Å².